The fourth-order valence-electron chi connectivity index (χ4n) is 1.20. The highest BCUT2D eigenvalue weighted by molar-refractivity contribution is 5.94. The normalized spacial score (nSPS) is 10.5. The van der Waals surface area contributed by atoms with E-state index in [1.807, 2.05) is 13.8 Å². The molecule has 82 valence electrons. The van der Waals surface area contributed by atoms with E-state index in [1.165, 1.54) is 12.1 Å². The predicted octanol–water partition coefficient (Wildman–Crippen LogP) is 2.52. The molecule has 1 aromatic rings. The van der Waals surface area contributed by atoms with Crippen LogP contribution in [0.1, 0.15) is 29.8 Å². The van der Waals surface area contributed by atoms with Crippen molar-refractivity contribution in [1.29, 1.82) is 0 Å². The van der Waals surface area contributed by atoms with Crippen LogP contribution in [0.15, 0.2) is 18.2 Å². The highest BCUT2D eigenvalue weighted by atomic mass is 19.1. The molecule has 2 nitrogen and oxygen atoms in total. The van der Waals surface area contributed by atoms with Gasteiger partial charge in [-0.15, -0.1) is 0 Å². The first-order valence-corrected chi connectivity index (χ1v) is 5.05. The molecule has 1 aromatic carbocycles. The SMILES string of the molecule is Cc1ccc(C(=O)NCC(C)C)c(F)c1. The van der Waals surface area contributed by atoms with Crippen LogP contribution in [-0.2, 0) is 0 Å². The zero-order valence-corrected chi connectivity index (χ0v) is 9.30. The second-order valence-electron chi connectivity index (χ2n) is 4.09. The molecule has 0 aliphatic carbocycles. The number of rotatable bonds is 3. The van der Waals surface area contributed by atoms with E-state index >= 15 is 0 Å². The van der Waals surface area contributed by atoms with E-state index in [4.69, 9.17) is 0 Å². The van der Waals surface area contributed by atoms with Gasteiger partial charge >= 0.3 is 0 Å². The largest absolute Gasteiger partial charge is 0.352 e. The van der Waals surface area contributed by atoms with Crippen LogP contribution in [0.25, 0.3) is 0 Å². The Balaban J connectivity index is 2.74. The number of halogens is 1. The van der Waals surface area contributed by atoms with E-state index in [2.05, 4.69) is 5.32 Å². The molecule has 0 atom stereocenters. The Labute approximate surface area is 89.5 Å². The minimum Gasteiger partial charge on any atom is -0.352 e. The minimum absolute atomic E-state index is 0.112. The molecule has 0 radical (unpaired) electrons. The molecule has 1 rings (SSSR count). The summed E-state index contributed by atoms with van der Waals surface area (Å²) in [6, 6.07) is 4.61. The number of aryl methyl sites for hydroxylation is 1. The van der Waals surface area contributed by atoms with Gasteiger partial charge in [-0.1, -0.05) is 19.9 Å². The van der Waals surface area contributed by atoms with Gasteiger partial charge in [-0.2, -0.15) is 0 Å². The van der Waals surface area contributed by atoms with Crippen molar-refractivity contribution in [3.05, 3.63) is 35.1 Å². The Morgan fingerprint density at radius 2 is 2.13 bits per heavy atom. The lowest BCUT2D eigenvalue weighted by atomic mass is 10.1. The van der Waals surface area contributed by atoms with Crippen LogP contribution < -0.4 is 5.32 Å². The molecule has 0 aliphatic rings. The van der Waals surface area contributed by atoms with Crippen molar-refractivity contribution < 1.29 is 9.18 Å². The molecule has 0 spiro atoms. The first-order chi connectivity index (χ1) is 7.00. The number of nitrogens with one attached hydrogen (secondary N) is 1. The number of carbonyl (C=O) groups excluding carboxylic acids is 1. The summed E-state index contributed by atoms with van der Waals surface area (Å²) >= 11 is 0. The monoisotopic (exact) mass is 209 g/mol. The van der Waals surface area contributed by atoms with Crippen LogP contribution in [0.4, 0.5) is 4.39 Å². The molecular formula is C12H16FNO. The van der Waals surface area contributed by atoms with Gasteiger partial charge < -0.3 is 5.32 Å². The van der Waals surface area contributed by atoms with Crippen LogP contribution in [0, 0.1) is 18.7 Å². The summed E-state index contributed by atoms with van der Waals surface area (Å²) in [7, 11) is 0. The van der Waals surface area contributed by atoms with Crippen LogP contribution in [0.3, 0.4) is 0 Å². The standard InChI is InChI=1S/C12H16FNO/c1-8(2)7-14-12(15)10-5-4-9(3)6-11(10)13/h4-6,8H,7H2,1-3H3,(H,14,15). The molecule has 0 saturated heterocycles. The molecule has 0 heterocycles. The summed E-state index contributed by atoms with van der Waals surface area (Å²) in [4.78, 5) is 11.5. The fourth-order valence-corrected chi connectivity index (χ4v) is 1.20. The molecule has 15 heavy (non-hydrogen) atoms. The number of amides is 1. The smallest absolute Gasteiger partial charge is 0.254 e. The van der Waals surface area contributed by atoms with Gasteiger partial charge in [0.15, 0.2) is 0 Å². The lowest BCUT2D eigenvalue weighted by Gasteiger charge is -2.08. The third kappa shape index (κ3) is 3.35. The molecule has 1 N–H and O–H groups in total. The summed E-state index contributed by atoms with van der Waals surface area (Å²) in [5.74, 6) is -0.445. The van der Waals surface area contributed by atoms with Crippen molar-refractivity contribution in [1.82, 2.24) is 5.32 Å². The Morgan fingerprint density at radius 1 is 1.47 bits per heavy atom. The highest BCUT2D eigenvalue weighted by Crippen LogP contribution is 2.09. The predicted molar refractivity (Wildman–Crippen MR) is 58.3 cm³/mol. The Morgan fingerprint density at radius 3 is 2.67 bits per heavy atom. The molecular weight excluding hydrogens is 193 g/mol. The van der Waals surface area contributed by atoms with Gasteiger partial charge in [0.1, 0.15) is 5.82 Å². The van der Waals surface area contributed by atoms with E-state index in [0.717, 1.165) is 5.56 Å². The van der Waals surface area contributed by atoms with Gasteiger partial charge in [0, 0.05) is 6.54 Å². The van der Waals surface area contributed by atoms with Crippen molar-refractivity contribution in [3.8, 4) is 0 Å². The lowest BCUT2D eigenvalue weighted by Crippen LogP contribution is -2.28. The molecule has 1 amide bonds. The third-order valence-corrected chi connectivity index (χ3v) is 2.04. The highest BCUT2D eigenvalue weighted by Gasteiger charge is 2.11. The van der Waals surface area contributed by atoms with Gasteiger partial charge in [0.25, 0.3) is 5.91 Å². The van der Waals surface area contributed by atoms with Gasteiger partial charge in [-0.3, -0.25) is 4.79 Å². The molecule has 0 fully saturated rings. The fraction of sp³-hybridized carbons (Fsp3) is 0.417. The lowest BCUT2D eigenvalue weighted by molar-refractivity contribution is 0.0945. The first kappa shape index (κ1) is 11.7. The van der Waals surface area contributed by atoms with Gasteiger partial charge in [-0.05, 0) is 30.5 Å². The van der Waals surface area contributed by atoms with Crippen LogP contribution in [0.2, 0.25) is 0 Å². The van der Waals surface area contributed by atoms with Crippen molar-refractivity contribution in [2.75, 3.05) is 6.54 Å². The van der Waals surface area contributed by atoms with Crippen LogP contribution in [0.5, 0.6) is 0 Å². The average Bonchev–Trinajstić information content (AvgIpc) is 2.14. The quantitative estimate of drug-likeness (QED) is 0.814. The summed E-state index contributed by atoms with van der Waals surface area (Å²) in [5.41, 5.74) is 0.925. The molecule has 0 unspecified atom stereocenters. The van der Waals surface area contributed by atoms with Gasteiger partial charge in [-0.25, -0.2) is 4.39 Å². The average molecular weight is 209 g/mol. The Kier molecular flexibility index (Phi) is 3.83. The molecule has 0 saturated carbocycles. The van der Waals surface area contributed by atoms with Gasteiger partial charge in [0.2, 0.25) is 0 Å². The maximum Gasteiger partial charge on any atom is 0.254 e. The van der Waals surface area contributed by atoms with E-state index in [-0.39, 0.29) is 11.5 Å². The topological polar surface area (TPSA) is 29.1 Å². The van der Waals surface area contributed by atoms with E-state index in [0.29, 0.717) is 12.5 Å². The summed E-state index contributed by atoms with van der Waals surface area (Å²) in [6.07, 6.45) is 0. The second-order valence-corrected chi connectivity index (χ2v) is 4.09. The number of hydrogen-bond donors (Lipinski definition) is 1. The molecule has 0 aliphatic heterocycles. The molecule has 0 bridgehead atoms. The van der Waals surface area contributed by atoms with Crippen molar-refractivity contribution in [3.63, 3.8) is 0 Å². The van der Waals surface area contributed by atoms with Crippen molar-refractivity contribution in [2.45, 2.75) is 20.8 Å². The van der Waals surface area contributed by atoms with Crippen molar-refractivity contribution in [2.24, 2.45) is 5.92 Å². The van der Waals surface area contributed by atoms with E-state index in [1.54, 1.807) is 13.0 Å². The zero-order chi connectivity index (χ0) is 11.4. The molecule has 3 heteroatoms. The summed E-state index contributed by atoms with van der Waals surface area (Å²) in [6.45, 7) is 6.34. The first-order valence-electron chi connectivity index (χ1n) is 5.05. The van der Waals surface area contributed by atoms with Gasteiger partial charge in [0.05, 0.1) is 5.56 Å². The second kappa shape index (κ2) is 4.91. The maximum absolute atomic E-state index is 13.4. The van der Waals surface area contributed by atoms with E-state index < -0.39 is 5.82 Å². The number of carbonyl (C=O) groups is 1. The third-order valence-electron chi connectivity index (χ3n) is 2.04. The summed E-state index contributed by atoms with van der Waals surface area (Å²) < 4.78 is 13.4. The van der Waals surface area contributed by atoms with Crippen LogP contribution >= 0.6 is 0 Å². The molecule has 0 aromatic heterocycles. The Bertz CT molecular complexity index is 361. The Hall–Kier alpha value is -1.38. The van der Waals surface area contributed by atoms with Crippen molar-refractivity contribution >= 4 is 5.91 Å². The van der Waals surface area contributed by atoms with E-state index in [9.17, 15) is 9.18 Å². The maximum atomic E-state index is 13.4. The number of benzene rings is 1. The minimum atomic E-state index is -0.462. The zero-order valence-electron chi connectivity index (χ0n) is 9.30. The number of hydrogen-bond acceptors (Lipinski definition) is 1. The van der Waals surface area contributed by atoms with Crippen LogP contribution in [-0.4, -0.2) is 12.5 Å². The summed E-state index contributed by atoms with van der Waals surface area (Å²) in [5, 5.41) is 2.68.